The Kier molecular flexibility index (Phi) is 5.59. The van der Waals surface area contributed by atoms with Gasteiger partial charge in [0.15, 0.2) is 0 Å². The maximum Gasteiger partial charge on any atom is 0.251 e. The van der Waals surface area contributed by atoms with E-state index in [1.165, 1.54) is 0 Å². The van der Waals surface area contributed by atoms with Crippen LogP contribution in [0.2, 0.25) is 0 Å². The number of rotatable bonds is 5. The van der Waals surface area contributed by atoms with Crippen molar-refractivity contribution < 1.29 is 4.79 Å². The number of amides is 1. The molecule has 1 N–H and O–H groups in total. The van der Waals surface area contributed by atoms with E-state index in [4.69, 9.17) is 18.0 Å². The Morgan fingerprint density at radius 2 is 2.35 bits per heavy atom. The minimum absolute atomic E-state index is 0.0344. The molecule has 0 fully saturated rings. The topological polar surface area (TPSA) is 29.1 Å². The molecule has 90 valence electrons. The van der Waals surface area contributed by atoms with Crippen LogP contribution in [0.4, 0.5) is 0 Å². The van der Waals surface area contributed by atoms with Gasteiger partial charge in [-0.3, -0.25) is 4.79 Å². The van der Waals surface area contributed by atoms with Crippen LogP contribution >= 0.6 is 11.6 Å². The molecule has 17 heavy (non-hydrogen) atoms. The van der Waals surface area contributed by atoms with Gasteiger partial charge in [0.25, 0.3) is 5.91 Å². The second-order valence-electron chi connectivity index (χ2n) is 3.82. The molecule has 0 aliphatic heterocycles. The Morgan fingerprint density at radius 1 is 1.59 bits per heavy atom. The van der Waals surface area contributed by atoms with Crippen LogP contribution in [0, 0.1) is 12.3 Å². The highest BCUT2D eigenvalue weighted by atomic mass is 35.5. The van der Waals surface area contributed by atoms with Crippen molar-refractivity contribution in [1.29, 1.82) is 0 Å². The lowest BCUT2D eigenvalue weighted by molar-refractivity contribution is 0.0936. The molecular formula is C14H16ClNO. The normalized spacial score (nSPS) is 11.6. The van der Waals surface area contributed by atoms with Crippen molar-refractivity contribution in [1.82, 2.24) is 5.32 Å². The summed E-state index contributed by atoms with van der Waals surface area (Å²) >= 11 is 5.73. The number of benzene rings is 1. The van der Waals surface area contributed by atoms with E-state index in [9.17, 15) is 4.79 Å². The van der Waals surface area contributed by atoms with E-state index < -0.39 is 0 Å². The summed E-state index contributed by atoms with van der Waals surface area (Å²) < 4.78 is 0. The van der Waals surface area contributed by atoms with Crippen molar-refractivity contribution in [3.8, 4) is 12.3 Å². The van der Waals surface area contributed by atoms with Crippen molar-refractivity contribution in [3.05, 3.63) is 35.4 Å². The molecule has 1 aromatic carbocycles. The van der Waals surface area contributed by atoms with Crippen molar-refractivity contribution in [3.63, 3.8) is 0 Å². The zero-order valence-corrected chi connectivity index (χ0v) is 10.6. The third kappa shape index (κ3) is 4.13. The second kappa shape index (κ2) is 6.98. The zero-order valence-electron chi connectivity index (χ0n) is 9.87. The van der Waals surface area contributed by atoms with E-state index in [0.29, 0.717) is 17.9 Å². The molecule has 3 heteroatoms. The summed E-state index contributed by atoms with van der Waals surface area (Å²) in [7, 11) is 0. The van der Waals surface area contributed by atoms with Crippen molar-refractivity contribution in [2.24, 2.45) is 0 Å². The smallest absolute Gasteiger partial charge is 0.251 e. The molecule has 0 saturated heterocycles. The summed E-state index contributed by atoms with van der Waals surface area (Å²) in [6.45, 7) is 2.00. The van der Waals surface area contributed by atoms with Gasteiger partial charge in [0, 0.05) is 23.9 Å². The first kappa shape index (κ1) is 13.6. The first-order valence-corrected chi connectivity index (χ1v) is 6.14. The number of carbonyl (C=O) groups excluding carboxylic acids is 1. The first-order valence-electron chi connectivity index (χ1n) is 5.60. The SMILES string of the molecule is C#CCC(CC)NC(=O)c1cccc(CCl)c1. The molecule has 0 aliphatic carbocycles. The van der Waals surface area contributed by atoms with Gasteiger partial charge in [-0.1, -0.05) is 19.1 Å². The fourth-order valence-corrected chi connectivity index (χ4v) is 1.67. The first-order chi connectivity index (χ1) is 8.21. The van der Waals surface area contributed by atoms with E-state index in [2.05, 4.69) is 11.2 Å². The predicted molar refractivity (Wildman–Crippen MR) is 71.0 cm³/mol. The van der Waals surface area contributed by atoms with Gasteiger partial charge in [-0.05, 0) is 24.1 Å². The maximum atomic E-state index is 11.9. The summed E-state index contributed by atoms with van der Waals surface area (Å²) in [4.78, 5) is 11.9. The molecule has 0 heterocycles. The summed E-state index contributed by atoms with van der Waals surface area (Å²) in [5.74, 6) is 2.87. The predicted octanol–water partition coefficient (Wildman–Crippen LogP) is 2.96. The lowest BCUT2D eigenvalue weighted by Gasteiger charge is -2.14. The van der Waals surface area contributed by atoms with Crippen molar-refractivity contribution in [2.75, 3.05) is 0 Å². The third-order valence-corrected chi connectivity index (χ3v) is 2.84. The van der Waals surface area contributed by atoms with E-state index in [-0.39, 0.29) is 11.9 Å². The Bertz CT molecular complexity index is 422. The lowest BCUT2D eigenvalue weighted by Crippen LogP contribution is -2.34. The van der Waals surface area contributed by atoms with Crippen LogP contribution in [-0.2, 0) is 5.88 Å². The fourth-order valence-electron chi connectivity index (χ4n) is 1.50. The monoisotopic (exact) mass is 249 g/mol. The minimum Gasteiger partial charge on any atom is -0.348 e. The highest BCUT2D eigenvalue weighted by Crippen LogP contribution is 2.08. The van der Waals surface area contributed by atoms with Crippen LogP contribution in [0.5, 0.6) is 0 Å². The molecule has 0 aliphatic rings. The van der Waals surface area contributed by atoms with Crippen LogP contribution in [0.25, 0.3) is 0 Å². The van der Waals surface area contributed by atoms with Crippen molar-refractivity contribution in [2.45, 2.75) is 31.7 Å². The number of hydrogen-bond donors (Lipinski definition) is 1. The standard InChI is InChI=1S/C14H16ClNO/c1-3-6-13(4-2)16-14(17)12-8-5-7-11(9-12)10-15/h1,5,7-9,13H,4,6,10H2,2H3,(H,16,17). The highest BCUT2D eigenvalue weighted by molar-refractivity contribution is 6.17. The molecule has 0 spiro atoms. The van der Waals surface area contributed by atoms with Crippen molar-refractivity contribution >= 4 is 17.5 Å². The lowest BCUT2D eigenvalue weighted by atomic mass is 10.1. The van der Waals surface area contributed by atoms with Crippen LogP contribution < -0.4 is 5.32 Å². The molecule has 2 nitrogen and oxygen atoms in total. The van der Waals surface area contributed by atoms with Gasteiger partial charge in [-0.2, -0.15) is 0 Å². The molecule has 0 bridgehead atoms. The number of halogens is 1. The molecule has 0 radical (unpaired) electrons. The Labute approximate surface area is 107 Å². The summed E-state index contributed by atoms with van der Waals surface area (Å²) in [5.41, 5.74) is 1.56. The molecule has 1 unspecified atom stereocenters. The van der Waals surface area contributed by atoms with Crippen LogP contribution in [0.3, 0.4) is 0 Å². The number of alkyl halides is 1. The largest absolute Gasteiger partial charge is 0.348 e. The maximum absolute atomic E-state index is 11.9. The van der Waals surface area contributed by atoms with Gasteiger partial charge in [-0.25, -0.2) is 0 Å². The Balaban J connectivity index is 2.72. The van der Waals surface area contributed by atoms with Gasteiger partial charge >= 0.3 is 0 Å². The Hall–Kier alpha value is -1.46. The quantitative estimate of drug-likeness (QED) is 0.631. The Morgan fingerprint density at radius 3 is 2.94 bits per heavy atom. The van der Waals surface area contributed by atoms with E-state index in [0.717, 1.165) is 12.0 Å². The van der Waals surface area contributed by atoms with Gasteiger partial charge in [0.2, 0.25) is 0 Å². The van der Waals surface area contributed by atoms with Crippen LogP contribution in [0.15, 0.2) is 24.3 Å². The fraction of sp³-hybridized carbons (Fsp3) is 0.357. The molecule has 1 atom stereocenters. The molecule has 0 aromatic heterocycles. The molecule has 0 saturated carbocycles. The number of carbonyl (C=O) groups is 1. The van der Waals surface area contributed by atoms with E-state index >= 15 is 0 Å². The number of hydrogen-bond acceptors (Lipinski definition) is 1. The molecular weight excluding hydrogens is 234 g/mol. The second-order valence-corrected chi connectivity index (χ2v) is 4.09. The van der Waals surface area contributed by atoms with Gasteiger partial charge < -0.3 is 5.32 Å². The average molecular weight is 250 g/mol. The van der Waals surface area contributed by atoms with Crippen LogP contribution in [-0.4, -0.2) is 11.9 Å². The average Bonchev–Trinajstić information content (AvgIpc) is 2.38. The molecule has 1 aromatic rings. The molecule has 1 rings (SSSR count). The number of terminal acetylenes is 1. The third-order valence-electron chi connectivity index (χ3n) is 2.54. The van der Waals surface area contributed by atoms with Gasteiger partial charge in [0.05, 0.1) is 0 Å². The van der Waals surface area contributed by atoms with Gasteiger partial charge in [-0.15, -0.1) is 23.9 Å². The highest BCUT2D eigenvalue weighted by Gasteiger charge is 2.11. The van der Waals surface area contributed by atoms with E-state index in [1.807, 2.05) is 19.1 Å². The summed E-state index contributed by atoms with van der Waals surface area (Å²) in [5, 5.41) is 2.91. The molecule has 1 amide bonds. The summed E-state index contributed by atoms with van der Waals surface area (Å²) in [6, 6.07) is 7.32. The van der Waals surface area contributed by atoms with Crippen LogP contribution in [0.1, 0.15) is 35.7 Å². The van der Waals surface area contributed by atoms with Gasteiger partial charge in [0.1, 0.15) is 0 Å². The number of nitrogens with one attached hydrogen (secondary N) is 1. The minimum atomic E-state index is -0.0981. The zero-order chi connectivity index (χ0) is 12.7. The summed E-state index contributed by atoms with van der Waals surface area (Å²) in [6.07, 6.45) is 6.62. The van der Waals surface area contributed by atoms with E-state index in [1.54, 1.807) is 12.1 Å².